The predicted molar refractivity (Wildman–Crippen MR) is 59.6 cm³/mol. The maximum absolute atomic E-state index is 12.0. The van der Waals surface area contributed by atoms with Crippen LogP contribution in [0.15, 0.2) is 6.20 Å². The molecule has 0 amide bonds. The van der Waals surface area contributed by atoms with E-state index in [0.717, 1.165) is 18.0 Å². The van der Waals surface area contributed by atoms with Crippen LogP contribution in [0.25, 0.3) is 0 Å². The third kappa shape index (κ3) is 2.19. The molecule has 1 aromatic rings. The maximum Gasteiger partial charge on any atom is 0.215 e. The van der Waals surface area contributed by atoms with Gasteiger partial charge in [-0.1, -0.05) is 13.8 Å². The van der Waals surface area contributed by atoms with Gasteiger partial charge in [-0.15, -0.1) is 0 Å². The molecule has 0 aliphatic carbocycles. The molecule has 1 atom stereocenters. The molecule has 90 valence electrons. The number of rotatable bonds is 4. The van der Waals surface area contributed by atoms with Crippen LogP contribution in [0.2, 0.25) is 0 Å². The van der Waals surface area contributed by atoms with Gasteiger partial charge in [0, 0.05) is 12.1 Å². The van der Waals surface area contributed by atoms with E-state index in [4.69, 9.17) is 4.74 Å². The van der Waals surface area contributed by atoms with E-state index in [1.807, 2.05) is 10.9 Å². The lowest BCUT2D eigenvalue weighted by atomic mass is 10.1. The maximum atomic E-state index is 12.0. The second-order valence-corrected chi connectivity index (χ2v) is 4.39. The number of hydrogen-bond acceptors (Lipinski definition) is 3. The largest absolute Gasteiger partial charge is 0.476 e. The van der Waals surface area contributed by atoms with Gasteiger partial charge in [-0.2, -0.15) is 5.10 Å². The highest BCUT2D eigenvalue weighted by Crippen LogP contribution is 2.28. The summed E-state index contributed by atoms with van der Waals surface area (Å²) in [5, 5.41) is 7.38. The molecule has 0 radical (unpaired) electrons. The minimum atomic E-state index is -0.348. The summed E-state index contributed by atoms with van der Waals surface area (Å²) in [7, 11) is 0. The first-order valence-electron chi connectivity index (χ1n) is 5.70. The molecule has 1 unspecified atom stereocenters. The third-order valence-electron chi connectivity index (χ3n) is 2.78. The van der Waals surface area contributed by atoms with E-state index >= 15 is 0 Å². The van der Waals surface area contributed by atoms with Gasteiger partial charge >= 0.3 is 0 Å². The fraction of sp³-hybridized carbons (Fsp3) is 0.727. The first-order chi connectivity index (χ1) is 7.72. The Balaban J connectivity index is 2.05. The Morgan fingerprint density at radius 2 is 2.50 bits per heavy atom. The van der Waals surface area contributed by atoms with Gasteiger partial charge in [-0.05, 0) is 5.92 Å². The number of nitrogens with one attached hydrogen (secondary N) is 1. The van der Waals surface area contributed by atoms with Crippen LogP contribution in [-0.2, 0) is 6.54 Å². The molecule has 0 bridgehead atoms. The molecular formula is C11H18FN3O. The van der Waals surface area contributed by atoms with Crippen molar-refractivity contribution in [3.05, 3.63) is 11.8 Å². The third-order valence-corrected chi connectivity index (χ3v) is 2.78. The lowest BCUT2D eigenvalue weighted by molar-refractivity contribution is 0.179. The van der Waals surface area contributed by atoms with E-state index < -0.39 is 0 Å². The summed E-state index contributed by atoms with van der Waals surface area (Å²) in [4.78, 5) is 0. The molecule has 0 aromatic carbocycles. The summed E-state index contributed by atoms with van der Waals surface area (Å²) in [6.07, 6.45) is 1.86. The van der Waals surface area contributed by atoms with Crippen LogP contribution in [0.5, 0.6) is 5.88 Å². The van der Waals surface area contributed by atoms with Crippen LogP contribution < -0.4 is 10.1 Å². The Hall–Kier alpha value is -1.10. The summed E-state index contributed by atoms with van der Waals surface area (Å²) in [6, 6.07) is 0.156. The number of ether oxygens (including phenoxy) is 1. The Labute approximate surface area is 94.8 Å². The minimum absolute atomic E-state index is 0.156. The first kappa shape index (κ1) is 11.4. The van der Waals surface area contributed by atoms with Crippen molar-refractivity contribution in [3.63, 3.8) is 0 Å². The van der Waals surface area contributed by atoms with E-state index in [1.54, 1.807) is 0 Å². The molecule has 1 aliphatic rings. The highest BCUT2D eigenvalue weighted by atomic mass is 19.1. The number of hydrogen-bond donors (Lipinski definition) is 1. The zero-order chi connectivity index (χ0) is 11.5. The quantitative estimate of drug-likeness (QED) is 0.843. The van der Waals surface area contributed by atoms with Crippen molar-refractivity contribution < 1.29 is 9.13 Å². The SMILES string of the molecule is CC(C)c1cnn2c1OCC(NCCF)C2. The van der Waals surface area contributed by atoms with Gasteiger partial charge in [0.2, 0.25) is 5.88 Å². The van der Waals surface area contributed by atoms with Crippen molar-refractivity contribution in [3.8, 4) is 5.88 Å². The number of aromatic nitrogens is 2. The molecular weight excluding hydrogens is 209 g/mol. The Bertz CT molecular complexity index is 351. The molecule has 2 heterocycles. The summed E-state index contributed by atoms with van der Waals surface area (Å²) in [6.45, 7) is 5.61. The second-order valence-electron chi connectivity index (χ2n) is 4.39. The van der Waals surface area contributed by atoms with Crippen molar-refractivity contribution in [2.24, 2.45) is 0 Å². The van der Waals surface area contributed by atoms with Crippen LogP contribution >= 0.6 is 0 Å². The first-order valence-corrected chi connectivity index (χ1v) is 5.70. The van der Waals surface area contributed by atoms with E-state index in [0.29, 0.717) is 19.1 Å². The average Bonchev–Trinajstić information content (AvgIpc) is 2.69. The Morgan fingerprint density at radius 3 is 3.19 bits per heavy atom. The molecule has 1 N–H and O–H groups in total. The zero-order valence-electron chi connectivity index (χ0n) is 9.74. The lowest BCUT2D eigenvalue weighted by Crippen LogP contribution is -2.42. The molecule has 0 saturated carbocycles. The van der Waals surface area contributed by atoms with Crippen LogP contribution in [0.1, 0.15) is 25.3 Å². The molecule has 1 aliphatic heterocycles. The van der Waals surface area contributed by atoms with Crippen LogP contribution in [0.3, 0.4) is 0 Å². The fourth-order valence-electron chi connectivity index (χ4n) is 1.90. The van der Waals surface area contributed by atoms with Crippen LogP contribution in [0, 0.1) is 0 Å². The number of alkyl halides is 1. The van der Waals surface area contributed by atoms with Crippen molar-refractivity contribution in [1.29, 1.82) is 0 Å². The molecule has 1 aromatic heterocycles. The van der Waals surface area contributed by atoms with E-state index in [1.165, 1.54) is 0 Å². The van der Waals surface area contributed by atoms with Crippen molar-refractivity contribution >= 4 is 0 Å². The summed E-state index contributed by atoms with van der Waals surface area (Å²) in [5.74, 6) is 1.28. The standard InChI is InChI=1S/C11H18FN3O/c1-8(2)10-5-14-15-6-9(13-4-3-12)7-16-11(10)15/h5,8-9,13H,3-4,6-7H2,1-2H3. The zero-order valence-corrected chi connectivity index (χ0v) is 9.74. The van der Waals surface area contributed by atoms with Gasteiger partial charge in [0.15, 0.2) is 0 Å². The van der Waals surface area contributed by atoms with Crippen molar-refractivity contribution in [2.45, 2.75) is 32.4 Å². The van der Waals surface area contributed by atoms with Gasteiger partial charge in [0.05, 0.1) is 18.8 Å². The summed E-state index contributed by atoms with van der Waals surface area (Å²) in [5.41, 5.74) is 1.14. The van der Waals surface area contributed by atoms with Crippen molar-refractivity contribution in [2.75, 3.05) is 19.8 Å². The fourth-order valence-corrected chi connectivity index (χ4v) is 1.90. The molecule has 2 rings (SSSR count). The smallest absolute Gasteiger partial charge is 0.215 e. The Kier molecular flexibility index (Phi) is 3.43. The minimum Gasteiger partial charge on any atom is -0.476 e. The molecule has 0 saturated heterocycles. The van der Waals surface area contributed by atoms with Gasteiger partial charge in [0.1, 0.15) is 13.3 Å². The van der Waals surface area contributed by atoms with E-state index in [9.17, 15) is 4.39 Å². The molecule has 0 fully saturated rings. The monoisotopic (exact) mass is 227 g/mol. The van der Waals surface area contributed by atoms with E-state index in [2.05, 4.69) is 24.3 Å². The van der Waals surface area contributed by atoms with Crippen LogP contribution in [0.4, 0.5) is 4.39 Å². The van der Waals surface area contributed by atoms with Gasteiger partial charge < -0.3 is 10.1 Å². The summed E-state index contributed by atoms with van der Waals surface area (Å²) >= 11 is 0. The molecule has 16 heavy (non-hydrogen) atoms. The highest BCUT2D eigenvalue weighted by Gasteiger charge is 2.23. The normalized spacial score (nSPS) is 19.6. The summed E-state index contributed by atoms with van der Waals surface area (Å²) < 4.78 is 19.6. The number of nitrogens with zero attached hydrogens (tertiary/aromatic N) is 2. The predicted octanol–water partition coefficient (Wildman–Crippen LogP) is 1.33. The van der Waals surface area contributed by atoms with Crippen LogP contribution in [-0.4, -0.2) is 35.6 Å². The lowest BCUT2D eigenvalue weighted by Gasteiger charge is -2.25. The highest BCUT2D eigenvalue weighted by molar-refractivity contribution is 5.28. The van der Waals surface area contributed by atoms with Gasteiger partial charge in [0.25, 0.3) is 0 Å². The molecule has 4 nitrogen and oxygen atoms in total. The average molecular weight is 227 g/mol. The Morgan fingerprint density at radius 1 is 1.69 bits per heavy atom. The topological polar surface area (TPSA) is 39.1 Å². The van der Waals surface area contributed by atoms with Gasteiger partial charge in [-0.3, -0.25) is 0 Å². The number of fused-ring (bicyclic) bond motifs is 1. The molecule has 0 spiro atoms. The number of halogens is 1. The second kappa shape index (κ2) is 4.82. The molecule has 5 heteroatoms. The van der Waals surface area contributed by atoms with E-state index in [-0.39, 0.29) is 12.7 Å². The van der Waals surface area contributed by atoms with Crippen molar-refractivity contribution in [1.82, 2.24) is 15.1 Å². The van der Waals surface area contributed by atoms with Gasteiger partial charge in [-0.25, -0.2) is 9.07 Å².